The standard InChI is InChI=1S/C42H24N6O12.2C2H6O/c49-43(50)31-13-1-25(2-14-31)37-38(26-3-15-32(16-4-26)44(51)52)40(28-7-19-34(20-8-28)46(55)56)42(30-11-23-36(24-12-30)48(59)60)41(29-9-21-35(22-10-29)47(57)58)39(37)27-5-17-33(18-6-27)45(53)54;2*1-2-3/h1-24H;2*3H,2H2,1H3. The minimum atomic E-state index is -0.597. The molecule has 0 spiro atoms. The number of nitro groups is 6. The van der Waals surface area contributed by atoms with Crippen molar-refractivity contribution in [2.75, 3.05) is 13.2 Å². The van der Waals surface area contributed by atoms with Gasteiger partial charge in [0, 0.05) is 86.0 Å². The van der Waals surface area contributed by atoms with Gasteiger partial charge >= 0.3 is 0 Å². The topological polar surface area (TPSA) is 299 Å². The van der Waals surface area contributed by atoms with E-state index >= 15 is 0 Å². The third kappa shape index (κ3) is 10.5. The average molecular weight is 897 g/mol. The molecule has 66 heavy (non-hydrogen) atoms. The lowest BCUT2D eigenvalue weighted by Crippen LogP contribution is -2.03. The molecule has 0 amide bonds. The maximum Gasteiger partial charge on any atom is 0.269 e. The fraction of sp³-hybridized carbons (Fsp3) is 0.0870. The third-order valence-electron chi connectivity index (χ3n) is 9.70. The molecule has 0 radical (unpaired) electrons. The predicted octanol–water partition coefficient (Wildman–Crippen LogP) is 11.1. The lowest BCUT2D eigenvalue weighted by molar-refractivity contribution is -0.385. The van der Waals surface area contributed by atoms with E-state index in [9.17, 15) is 60.7 Å². The van der Waals surface area contributed by atoms with E-state index in [1.54, 1.807) is 13.8 Å². The van der Waals surface area contributed by atoms with Crippen LogP contribution in [0.15, 0.2) is 146 Å². The van der Waals surface area contributed by atoms with Gasteiger partial charge in [-0.2, -0.15) is 0 Å². The highest BCUT2D eigenvalue weighted by Crippen LogP contribution is 2.56. The fourth-order valence-electron chi connectivity index (χ4n) is 6.98. The van der Waals surface area contributed by atoms with Crippen molar-refractivity contribution in [3.8, 4) is 66.8 Å². The summed E-state index contributed by atoms with van der Waals surface area (Å²) in [6.07, 6.45) is 0. The molecule has 0 heterocycles. The van der Waals surface area contributed by atoms with Crippen LogP contribution < -0.4 is 0 Å². The molecule has 2 N–H and O–H groups in total. The van der Waals surface area contributed by atoms with Gasteiger partial charge in [0.1, 0.15) is 0 Å². The van der Waals surface area contributed by atoms with Gasteiger partial charge < -0.3 is 10.2 Å². The summed E-state index contributed by atoms with van der Waals surface area (Å²) in [5, 5.41) is 86.3. The van der Waals surface area contributed by atoms with Crippen molar-refractivity contribution < 1.29 is 39.8 Å². The highest BCUT2D eigenvalue weighted by atomic mass is 16.6. The minimum absolute atomic E-state index is 0.250. The zero-order valence-corrected chi connectivity index (χ0v) is 34.7. The molecule has 20 heteroatoms. The van der Waals surface area contributed by atoms with Gasteiger partial charge in [-0.05, 0) is 153 Å². The molecule has 7 aromatic carbocycles. The number of hydrogen-bond donors (Lipinski definition) is 2. The van der Waals surface area contributed by atoms with Gasteiger partial charge in [-0.15, -0.1) is 0 Å². The maximum absolute atomic E-state index is 11.9. The molecular weight excluding hydrogens is 861 g/mol. The van der Waals surface area contributed by atoms with Gasteiger partial charge in [-0.3, -0.25) is 60.7 Å². The van der Waals surface area contributed by atoms with Crippen molar-refractivity contribution in [1.82, 2.24) is 0 Å². The summed E-state index contributed by atoms with van der Waals surface area (Å²) in [5.41, 5.74) is 2.53. The number of aliphatic hydroxyl groups is 2. The van der Waals surface area contributed by atoms with E-state index < -0.39 is 29.5 Å². The minimum Gasteiger partial charge on any atom is -0.397 e. The number of nitrogens with zero attached hydrogens (tertiary/aromatic N) is 6. The van der Waals surface area contributed by atoms with Gasteiger partial charge in [0.2, 0.25) is 0 Å². The number of non-ortho nitro benzene ring substituents is 6. The average Bonchev–Trinajstić information content (AvgIpc) is 3.31. The second-order valence-electron chi connectivity index (χ2n) is 13.7. The predicted molar refractivity (Wildman–Crippen MR) is 245 cm³/mol. The van der Waals surface area contributed by atoms with Crippen LogP contribution in [0.5, 0.6) is 0 Å². The Balaban J connectivity index is 0.00000129. The van der Waals surface area contributed by atoms with Crippen molar-refractivity contribution in [2.45, 2.75) is 13.8 Å². The van der Waals surface area contributed by atoms with E-state index in [1.165, 1.54) is 146 Å². The number of hydrogen-bond acceptors (Lipinski definition) is 14. The Hall–Kier alpha value is -9.14. The summed E-state index contributed by atoms with van der Waals surface area (Å²) in [6, 6.07) is 32.8. The largest absolute Gasteiger partial charge is 0.397 e. The van der Waals surface area contributed by atoms with Crippen LogP contribution in [0.25, 0.3) is 66.8 Å². The van der Waals surface area contributed by atoms with E-state index in [4.69, 9.17) is 10.2 Å². The Morgan fingerprint density at radius 2 is 0.364 bits per heavy atom. The molecule has 0 unspecified atom stereocenters. The van der Waals surface area contributed by atoms with E-state index in [2.05, 4.69) is 0 Å². The summed E-state index contributed by atoms with van der Waals surface area (Å²) < 4.78 is 0. The number of rotatable bonds is 12. The summed E-state index contributed by atoms with van der Waals surface area (Å²) in [4.78, 5) is 67.5. The molecule has 0 atom stereocenters. The summed E-state index contributed by atoms with van der Waals surface area (Å²) in [6.45, 7) is 3.86. The fourth-order valence-corrected chi connectivity index (χ4v) is 6.98. The number of nitro benzene ring substituents is 6. The van der Waals surface area contributed by atoms with Crippen molar-refractivity contribution in [3.63, 3.8) is 0 Å². The smallest absolute Gasteiger partial charge is 0.269 e. The van der Waals surface area contributed by atoms with Gasteiger partial charge in [0.15, 0.2) is 0 Å². The van der Waals surface area contributed by atoms with Crippen LogP contribution in [-0.4, -0.2) is 53.0 Å². The Kier molecular flexibility index (Phi) is 15.5. The molecule has 334 valence electrons. The van der Waals surface area contributed by atoms with Gasteiger partial charge in [0.05, 0.1) is 29.5 Å². The Bertz CT molecular complexity index is 2390. The maximum atomic E-state index is 11.9. The van der Waals surface area contributed by atoms with Crippen LogP contribution >= 0.6 is 0 Å². The first-order valence-corrected chi connectivity index (χ1v) is 19.5. The molecule has 0 saturated heterocycles. The molecule has 7 aromatic rings. The molecule has 0 aliphatic carbocycles. The highest BCUT2D eigenvalue weighted by molar-refractivity contribution is 6.15. The summed E-state index contributed by atoms with van der Waals surface area (Å²) in [5.74, 6) is 0. The molecular formula is C46H36N6O14. The SMILES string of the molecule is CCO.CCO.O=[N+]([O-])c1ccc(-c2c(-c3ccc([N+](=O)[O-])cc3)c(-c3ccc([N+](=O)[O-])cc3)c(-c3ccc([N+](=O)[O-])cc3)c(-c3ccc([N+](=O)[O-])cc3)c2-c2ccc([N+](=O)[O-])cc2)cc1. The van der Waals surface area contributed by atoms with Crippen molar-refractivity contribution >= 4 is 34.1 Å². The second-order valence-corrected chi connectivity index (χ2v) is 13.7. The first kappa shape index (κ1) is 47.9. The molecule has 0 saturated carbocycles. The van der Waals surface area contributed by atoms with E-state index in [0.29, 0.717) is 66.8 Å². The van der Waals surface area contributed by atoms with Crippen molar-refractivity contribution in [2.24, 2.45) is 0 Å². The van der Waals surface area contributed by atoms with E-state index in [-0.39, 0.29) is 47.3 Å². The van der Waals surface area contributed by atoms with E-state index in [0.717, 1.165) is 0 Å². The van der Waals surface area contributed by atoms with Gasteiger partial charge in [0.25, 0.3) is 34.1 Å². The zero-order valence-electron chi connectivity index (χ0n) is 34.7. The third-order valence-corrected chi connectivity index (χ3v) is 9.70. The zero-order chi connectivity index (χ0) is 48.2. The van der Waals surface area contributed by atoms with Crippen molar-refractivity contribution in [3.05, 3.63) is 206 Å². The lowest BCUT2D eigenvalue weighted by Gasteiger charge is -2.28. The highest BCUT2D eigenvalue weighted by Gasteiger charge is 2.31. The summed E-state index contributed by atoms with van der Waals surface area (Å²) >= 11 is 0. The van der Waals surface area contributed by atoms with Gasteiger partial charge in [-0.25, -0.2) is 0 Å². The van der Waals surface area contributed by atoms with Crippen LogP contribution in [0.3, 0.4) is 0 Å². The van der Waals surface area contributed by atoms with Crippen molar-refractivity contribution in [1.29, 1.82) is 0 Å². The van der Waals surface area contributed by atoms with Crippen LogP contribution in [0, 0.1) is 60.7 Å². The molecule has 7 rings (SSSR count). The Labute approximate surface area is 373 Å². The molecule has 20 nitrogen and oxygen atoms in total. The Morgan fingerprint density at radius 1 is 0.273 bits per heavy atom. The van der Waals surface area contributed by atoms with Crippen LogP contribution in [0.2, 0.25) is 0 Å². The molecule has 0 aromatic heterocycles. The van der Waals surface area contributed by atoms with Crippen LogP contribution in [-0.2, 0) is 0 Å². The summed E-state index contributed by atoms with van der Waals surface area (Å²) in [7, 11) is 0. The molecule has 0 fully saturated rings. The first-order chi connectivity index (χ1) is 31.6. The monoisotopic (exact) mass is 896 g/mol. The number of benzene rings is 7. The lowest BCUT2D eigenvalue weighted by atomic mass is 9.74. The normalized spacial score (nSPS) is 10.4. The first-order valence-electron chi connectivity index (χ1n) is 19.5. The van der Waals surface area contributed by atoms with E-state index in [1.807, 2.05) is 0 Å². The quantitative estimate of drug-likeness (QED) is 0.0851. The van der Waals surface area contributed by atoms with Gasteiger partial charge in [-0.1, -0.05) is 0 Å². The second kappa shape index (κ2) is 21.3. The molecule has 0 bridgehead atoms. The van der Waals surface area contributed by atoms with Crippen LogP contribution in [0.1, 0.15) is 13.8 Å². The van der Waals surface area contributed by atoms with Crippen LogP contribution in [0.4, 0.5) is 34.1 Å². The Morgan fingerprint density at radius 3 is 0.439 bits per heavy atom. The molecule has 0 aliphatic heterocycles. The number of aliphatic hydroxyl groups excluding tert-OH is 2. The molecule has 0 aliphatic rings.